The quantitative estimate of drug-likeness (QED) is 0.516. The van der Waals surface area contributed by atoms with E-state index < -0.39 is 0 Å². The lowest BCUT2D eigenvalue weighted by molar-refractivity contribution is 0.881. The van der Waals surface area contributed by atoms with Crippen molar-refractivity contribution in [3.8, 4) is 17.1 Å². The van der Waals surface area contributed by atoms with Crippen LogP contribution in [-0.2, 0) is 0 Å². The van der Waals surface area contributed by atoms with Gasteiger partial charge in [-0.25, -0.2) is 9.97 Å². The zero-order valence-electron chi connectivity index (χ0n) is 14.4. The molecule has 0 spiro atoms. The second kappa shape index (κ2) is 7.38. The molecule has 2 N–H and O–H groups in total. The molecule has 0 atom stereocenters. The SMILES string of the molecule is Cc1ccc(-n2c(Sc3cc(Cl)nc(N)n3)nnc2-c2ccccc2)cc1. The Morgan fingerprint density at radius 2 is 1.70 bits per heavy atom. The van der Waals surface area contributed by atoms with Crippen LogP contribution in [0.3, 0.4) is 0 Å². The zero-order valence-corrected chi connectivity index (χ0v) is 15.9. The molecule has 0 unspecified atom stereocenters. The second-order valence-corrected chi connectivity index (χ2v) is 7.21. The molecular formula is C19H15ClN6S. The summed E-state index contributed by atoms with van der Waals surface area (Å²) in [5.41, 5.74) is 8.82. The summed E-state index contributed by atoms with van der Waals surface area (Å²) >= 11 is 7.34. The molecule has 0 fully saturated rings. The van der Waals surface area contributed by atoms with E-state index in [9.17, 15) is 0 Å². The summed E-state index contributed by atoms with van der Waals surface area (Å²) in [5, 5.41) is 10.3. The molecule has 0 aliphatic rings. The lowest BCUT2D eigenvalue weighted by Crippen LogP contribution is -2.01. The number of aromatic nitrogens is 5. The fourth-order valence-electron chi connectivity index (χ4n) is 2.60. The molecular weight excluding hydrogens is 380 g/mol. The second-order valence-electron chi connectivity index (χ2n) is 5.83. The largest absolute Gasteiger partial charge is 0.368 e. The third kappa shape index (κ3) is 3.79. The summed E-state index contributed by atoms with van der Waals surface area (Å²) < 4.78 is 1.99. The van der Waals surface area contributed by atoms with Crippen LogP contribution in [0.2, 0.25) is 5.15 Å². The molecule has 2 aromatic heterocycles. The molecule has 2 aromatic carbocycles. The highest BCUT2D eigenvalue weighted by Gasteiger charge is 2.17. The predicted molar refractivity (Wildman–Crippen MR) is 107 cm³/mol. The summed E-state index contributed by atoms with van der Waals surface area (Å²) in [6.45, 7) is 2.05. The molecule has 4 rings (SSSR count). The molecule has 0 saturated carbocycles. The topological polar surface area (TPSA) is 82.5 Å². The van der Waals surface area contributed by atoms with Crippen LogP contribution in [0.25, 0.3) is 17.1 Å². The number of anilines is 1. The van der Waals surface area contributed by atoms with Crippen molar-refractivity contribution in [2.45, 2.75) is 17.1 Å². The van der Waals surface area contributed by atoms with Gasteiger partial charge in [0.15, 0.2) is 5.82 Å². The monoisotopic (exact) mass is 394 g/mol. The molecule has 0 aliphatic carbocycles. The Balaban J connectivity index is 1.84. The van der Waals surface area contributed by atoms with Gasteiger partial charge in [0.05, 0.1) is 0 Å². The van der Waals surface area contributed by atoms with Crippen molar-refractivity contribution >= 4 is 29.3 Å². The average molecular weight is 395 g/mol. The Bertz CT molecular complexity index is 1060. The summed E-state index contributed by atoms with van der Waals surface area (Å²) in [6.07, 6.45) is 0. The standard InChI is InChI=1S/C19H15ClN6S/c1-12-7-9-14(10-8-12)26-17(13-5-3-2-4-6-13)24-25-19(26)27-16-11-15(20)22-18(21)23-16/h2-11H,1H3,(H2,21,22,23). The van der Waals surface area contributed by atoms with E-state index in [-0.39, 0.29) is 11.1 Å². The first-order valence-electron chi connectivity index (χ1n) is 8.16. The number of halogens is 1. The van der Waals surface area contributed by atoms with Crippen molar-refractivity contribution in [3.05, 3.63) is 71.4 Å². The van der Waals surface area contributed by atoms with E-state index in [0.29, 0.717) is 10.2 Å². The number of hydrogen-bond acceptors (Lipinski definition) is 6. The van der Waals surface area contributed by atoms with Crippen LogP contribution < -0.4 is 5.73 Å². The van der Waals surface area contributed by atoms with Crippen LogP contribution in [0.5, 0.6) is 0 Å². The first kappa shape index (κ1) is 17.5. The van der Waals surface area contributed by atoms with E-state index in [2.05, 4.69) is 39.2 Å². The van der Waals surface area contributed by atoms with Crippen LogP contribution in [-0.4, -0.2) is 24.7 Å². The van der Waals surface area contributed by atoms with Crippen molar-refractivity contribution in [3.63, 3.8) is 0 Å². The number of rotatable bonds is 4. The lowest BCUT2D eigenvalue weighted by Gasteiger charge is -2.10. The number of nitrogens with zero attached hydrogens (tertiary/aromatic N) is 5. The Hall–Kier alpha value is -2.90. The van der Waals surface area contributed by atoms with E-state index in [0.717, 1.165) is 17.1 Å². The third-order valence-electron chi connectivity index (χ3n) is 3.84. The van der Waals surface area contributed by atoms with E-state index in [1.54, 1.807) is 6.07 Å². The van der Waals surface area contributed by atoms with Gasteiger partial charge in [0.2, 0.25) is 11.1 Å². The van der Waals surface area contributed by atoms with Gasteiger partial charge in [-0.05, 0) is 30.8 Å². The molecule has 0 amide bonds. The average Bonchev–Trinajstić information content (AvgIpc) is 3.06. The van der Waals surface area contributed by atoms with Gasteiger partial charge in [-0.2, -0.15) is 0 Å². The number of nitrogens with two attached hydrogens (primary N) is 1. The minimum atomic E-state index is 0.120. The molecule has 0 aliphatic heterocycles. The fraction of sp³-hybridized carbons (Fsp3) is 0.0526. The van der Waals surface area contributed by atoms with Gasteiger partial charge in [0.25, 0.3) is 0 Å². The van der Waals surface area contributed by atoms with Crippen LogP contribution in [0, 0.1) is 6.92 Å². The van der Waals surface area contributed by atoms with Gasteiger partial charge in [-0.15, -0.1) is 10.2 Å². The summed E-state index contributed by atoms with van der Waals surface area (Å²) in [6, 6.07) is 19.8. The fourth-order valence-corrected chi connectivity index (χ4v) is 3.71. The maximum absolute atomic E-state index is 6.00. The van der Waals surface area contributed by atoms with Crippen LogP contribution >= 0.6 is 23.4 Å². The minimum absolute atomic E-state index is 0.120. The van der Waals surface area contributed by atoms with Gasteiger partial charge in [-0.1, -0.05) is 59.6 Å². The molecule has 2 heterocycles. The minimum Gasteiger partial charge on any atom is -0.368 e. The Kier molecular flexibility index (Phi) is 4.79. The number of benzene rings is 2. The Labute approximate surface area is 165 Å². The molecule has 4 aromatic rings. The maximum Gasteiger partial charge on any atom is 0.222 e. The Morgan fingerprint density at radius 3 is 2.41 bits per heavy atom. The Morgan fingerprint density at radius 1 is 0.963 bits per heavy atom. The van der Waals surface area contributed by atoms with Crippen LogP contribution in [0.15, 0.2) is 70.8 Å². The zero-order chi connectivity index (χ0) is 18.8. The van der Waals surface area contributed by atoms with Crippen LogP contribution in [0.4, 0.5) is 5.95 Å². The lowest BCUT2D eigenvalue weighted by atomic mass is 10.2. The predicted octanol–water partition coefficient (Wildman–Crippen LogP) is 4.42. The number of nitrogen functional groups attached to an aromatic ring is 1. The number of hydrogen-bond donors (Lipinski definition) is 1. The molecule has 0 radical (unpaired) electrons. The molecule has 8 heteroatoms. The summed E-state index contributed by atoms with van der Waals surface area (Å²) in [5.74, 6) is 0.866. The van der Waals surface area contributed by atoms with Crippen molar-refractivity contribution in [1.29, 1.82) is 0 Å². The molecule has 0 saturated heterocycles. The third-order valence-corrected chi connectivity index (χ3v) is 4.90. The highest BCUT2D eigenvalue weighted by atomic mass is 35.5. The van der Waals surface area contributed by atoms with Gasteiger partial charge in [0.1, 0.15) is 10.2 Å². The highest BCUT2D eigenvalue weighted by molar-refractivity contribution is 7.99. The molecule has 6 nitrogen and oxygen atoms in total. The van der Waals surface area contributed by atoms with Gasteiger partial charge in [-0.3, -0.25) is 4.57 Å². The van der Waals surface area contributed by atoms with E-state index in [1.807, 2.05) is 47.0 Å². The van der Waals surface area contributed by atoms with Crippen molar-refractivity contribution in [2.75, 3.05) is 5.73 Å². The summed E-state index contributed by atoms with van der Waals surface area (Å²) in [7, 11) is 0. The van der Waals surface area contributed by atoms with Crippen molar-refractivity contribution in [2.24, 2.45) is 0 Å². The van der Waals surface area contributed by atoms with Gasteiger partial charge >= 0.3 is 0 Å². The number of aryl methyl sites for hydroxylation is 1. The highest BCUT2D eigenvalue weighted by Crippen LogP contribution is 2.32. The first-order valence-corrected chi connectivity index (χ1v) is 9.35. The van der Waals surface area contributed by atoms with Crippen molar-refractivity contribution < 1.29 is 0 Å². The van der Waals surface area contributed by atoms with Crippen molar-refractivity contribution in [1.82, 2.24) is 24.7 Å². The maximum atomic E-state index is 6.00. The van der Waals surface area contributed by atoms with E-state index in [4.69, 9.17) is 17.3 Å². The van der Waals surface area contributed by atoms with Crippen LogP contribution in [0.1, 0.15) is 5.56 Å². The van der Waals surface area contributed by atoms with Gasteiger partial charge in [0, 0.05) is 17.3 Å². The summed E-state index contributed by atoms with van der Waals surface area (Å²) in [4.78, 5) is 8.12. The van der Waals surface area contributed by atoms with E-state index >= 15 is 0 Å². The molecule has 0 bridgehead atoms. The molecule has 134 valence electrons. The first-order chi connectivity index (χ1) is 13.1. The van der Waals surface area contributed by atoms with Gasteiger partial charge < -0.3 is 5.73 Å². The smallest absolute Gasteiger partial charge is 0.222 e. The normalized spacial score (nSPS) is 10.9. The van der Waals surface area contributed by atoms with E-state index in [1.165, 1.54) is 17.3 Å². The molecule has 27 heavy (non-hydrogen) atoms.